The summed E-state index contributed by atoms with van der Waals surface area (Å²) < 4.78 is 0. The van der Waals surface area contributed by atoms with Crippen LogP contribution in [-0.4, -0.2) is 78.6 Å². The number of hydrogen-bond donors (Lipinski definition) is 1. The van der Waals surface area contributed by atoms with Crippen molar-refractivity contribution in [3.8, 4) is 0 Å². The molecule has 2 N–H and O–H groups in total. The van der Waals surface area contributed by atoms with E-state index in [-0.39, 0.29) is 0 Å². The average molecular weight is 317 g/mol. The van der Waals surface area contributed by atoms with Crippen molar-refractivity contribution in [3.63, 3.8) is 0 Å². The van der Waals surface area contributed by atoms with Crippen LogP contribution in [0.25, 0.3) is 0 Å². The van der Waals surface area contributed by atoms with Crippen molar-refractivity contribution in [2.24, 2.45) is 16.6 Å². The third kappa shape index (κ3) is 4.10. The number of nitrogens with zero attached hydrogens (tertiary/aromatic N) is 6. The van der Waals surface area contributed by atoms with E-state index >= 15 is 0 Å². The van der Waals surface area contributed by atoms with Crippen LogP contribution in [0, 0.1) is 5.92 Å². The second kappa shape index (κ2) is 7.12. The molecule has 1 aromatic heterocycles. The summed E-state index contributed by atoms with van der Waals surface area (Å²) >= 11 is 0. The summed E-state index contributed by atoms with van der Waals surface area (Å²) in [6.07, 6.45) is 6.22. The molecule has 7 nitrogen and oxygen atoms in total. The maximum atomic E-state index is 6.21. The summed E-state index contributed by atoms with van der Waals surface area (Å²) in [7, 11) is 4.26. The van der Waals surface area contributed by atoms with E-state index in [4.69, 9.17) is 5.73 Å². The van der Waals surface area contributed by atoms with Gasteiger partial charge in [0.2, 0.25) is 5.95 Å². The minimum atomic E-state index is 0.521. The monoisotopic (exact) mass is 317 g/mol. The highest BCUT2D eigenvalue weighted by Crippen LogP contribution is 2.34. The van der Waals surface area contributed by atoms with Gasteiger partial charge in [0.25, 0.3) is 0 Å². The number of likely N-dealkylation sites (N-methyl/N-ethyl adjacent to an activating group) is 1. The lowest BCUT2D eigenvalue weighted by molar-refractivity contribution is 0.270. The Labute approximate surface area is 138 Å². The number of rotatable bonds is 5. The second-order valence-corrected chi connectivity index (χ2v) is 6.59. The zero-order valence-corrected chi connectivity index (χ0v) is 14.1. The first kappa shape index (κ1) is 16.0. The molecule has 2 heterocycles. The SMILES string of the molecule is CN(C)C(CN=C(N)N1CCN(c2ncccn2)CC1)C1CC1. The first-order valence-electron chi connectivity index (χ1n) is 8.38. The van der Waals surface area contributed by atoms with Crippen LogP contribution in [0.1, 0.15) is 12.8 Å². The number of guanidine groups is 1. The molecular weight excluding hydrogens is 290 g/mol. The van der Waals surface area contributed by atoms with E-state index in [2.05, 4.69) is 43.8 Å². The maximum absolute atomic E-state index is 6.21. The van der Waals surface area contributed by atoms with E-state index in [1.807, 2.05) is 6.07 Å². The fraction of sp³-hybridized carbons (Fsp3) is 0.688. The molecule has 1 saturated carbocycles. The number of aliphatic imine (C=N–C) groups is 1. The van der Waals surface area contributed by atoms with Crippen molar-refractivity contribution in [2.45, 2.75) is 18.9 Å². The Morgan fingerprint density at radius 3 is 2.48 bits per heavy atom. The Morgan fingerprint density at radius 2 is 1.91 bits per heavy atom. The van der Waals surface area contributed by atoms with Crippen LogP contribution >= 0.6 is 0 Å². The topological polar surface area (TPSA) is 73.9 Å². The first-order valence-corrected chi connectivity index (χ1v) is 8.38. The Balaban J connectivity index is 1.51. The zero-order valence-electron chi connectivity index (χ0n) is 14.1. The Hall–Kier alpha value is -1.89. The van der Waals surface area contributed by atoms with Gasteiger partial charge in [0.05, 0.1) is 6.54 Å². The van der Waals surface area contributed by atoms with Crippen LogP contribution in [0.3, 0.4) is 0 Å². The van der Waals surface area contributed by atoms with Crippen molar-refractivity contribution in [1.82, 2.24) is 19.8 Å². The molecule has 1 aromatic rings. The molecule has 7 heteroatoms. The van der Waals surface area contributed by atoms with Crippen LogP contribution in [0.5, 0.6) is 0 Å². The van der Waals surface area contributed by atoms with Crippen molar-refractivity contribution in [3.05, 3.63) is 18.5 Å². The van der Waals surface area contributed by atoms with Crippen LogP contribution in [0.15, 0.2) is 23.5 Å². The summed E-state index contributed by atoms with van der Waals surface area (Å²) in [5.41, 5.74) is 6.21. The highest BCUT2D eigenvalue weighted by molar-refractivity contribution is 5.78. The highest BCUT2D eigenvalue weighted by atomic mass is 15.4. The van der Waals surface area contributed by atoms with Gasteiger partial charge in [-0.2, -0.15) is 0 Å². The maximum Gasteiger partial charge on any atom is 0.225 e. The molecule has 0 spiro atoms. The lowest BCUT2D eigenvalue weighted by Crippen LogP contribution is -2.51. The predicted molar refractivity (Wildman–Crippen MR) is 92.5 cm³/mol. The second-order valence-electron chi connectivity index (χ2n) is 6.59. The molecule has 0 amide bonds. The lowest BCUT2D eigenvalue weighted by atomic mass is 10.2. The molecule has 0 radical (unpaired) electrons. The van der Waals surface area contributed by atoms with E-state index in [9.17, 15) is 0 Å². The van der Waals surface area contributed by atoms with Gasteiger partial charge in [-0.3, -0.25) is 4.99 Å². The van der Waals surface area contributed by atoms with Crippen molar-refractivity contribution in [2.75, 3.05) is 51.7 Å². The summed E-state index contributed by atoms with van der Waals surface area (Å²) in [5, 5.41) is 0. The van der Waals surface area contributed by atoms with Gasteiger partial charge in [0.1, 0.15) is 0 Å². The van der Waals surface area contributed by atoms with Crippen LogP contribution in [-0.2, 0) is 0 Å². The van der Waals surface area contributed by atoms with E-state index in [1.165, 1.54) is 12.8 Å². The van der Waals surface area contributed by atoms with Crippen molar-refractivity contribution >= 4 is 11.9 Å². The van der Waals surface area contributed by atoms with E-state index in [0.29, 0.717) is 12.0 Å². The van der Waals surface area contributed by atoms with E-state index in [0.717, 1.165) is 44.6 Å². The molecule has 0 aromatic carbocycles. The molecule has 1 aliphatic heterocycles. The van der Waals surface area contributed by atoms with E-state index < -0.39 is 0 Å². The Morgan fingerprint density at radius 1 is 1.26 bits per heavy atom. The van der Waals surface area contributed by atoms with Crippen LogP contribution in [0.4, 0.5) is 5.95 Å². The molecule has 1 unspecified atom stereocenters. The average Bonchev–Trinajstić information content (AvgIpc) is 3.40. The molecule has 23 heavy (non-hydrogen) atoms. The smallest absolute Gasteiger partial charge is 0.225 e. The van der Waals surface area contributed by atoms with Crippen LogP contribution < -0.4 is 10.6 Å². The number of aromatic nitrogens is 2. The van der Waals surface area contributed by atoms with Crippen molar-refractivity contribution < 1.29 is 0 Å². The zero-order chi connectivity index (χ0) is 16.2. The normalized spacial score (nSPS) is 20.9. The number of anilines is 1. The van der Waals surface area contributed by atoms with Gasteiger partial charge in [-0.15, -0.1) is 0 Å². The molecule has 2 fully saturated rings. The minimum Gasteiger partial charge on any atom is -0.370 e. The number of piperazine rings is 1. The third-order valence-corrected chi connectivity index (χ3v) is 4.71. The van der Waals surface area contributed by atoms with Crippen LogP contribution in [0.2, 0.25) is 0 Å². The van der Waals surface area contributed by atoms with Gasteiger partial charge in [0, 0.05) is 44.6 Å². The van der Waals surface area contributed by atoms with Gasteiger partial charge in [-0.25, -0.2) is 9.97 Å². The van der Waals surface area contributed by atoms with Gasteiger partial charge >= 0.3 is 0 Å². The van der Waals surface area contributed by atoms with E-state index in [1.54, 1.807) is 12.4 Å². The molecule has 0 bridgehead atoms. The highest BCUT2D eigenvalue weighted by Gasteiger charge is 2.32. The van der Waals surface area contributed by atoms with Crippen molar-refractivity contribution in [1.29, 1.82) is 0 Å². The summed E-state index contributed by atoms with van der Waals surface area (Å²) in [4.78, 5) is 19.9. The standard InChI is InChI=1S/C16H27N7/c1-21(2)14(13-4-5-13)12-20-15(17)22-8-10-23(11-9-22)16-18-6-3-7-19-16/h3,6-7,13-14H,4-5,8-12H2,1-2H3,(H2,17,20). The minimum absolute atomic E-state index is 0.521. The molecule has 126 valence electrons. The predicted octanol–water partition coefficient (Wildman–Crippen LogP) is 0.254. The Bertz CT molecular complexity index is 516. The number of hydrogen-bond acceptors (Lipinski definition) is 5. The third-order valence-electron chi connectivity index (χ3n) is 4.71. The summed E-state index contributed by atoms with van der Waals surface area (Å²) in [6.45, 7) is 4.28. The van der Waals surface area contributed by atoms with Gasteiger partial charge in [0.15, 0.2) is 5.96 Å². The largest absolute Gasteiger partial charge is 0.370 e. The molecule has 1 atom stereocenters. The molecular formula is C16H27N7. The van der Waals surface area contributed by atoms with Gasteiger partial charge in [-0.1, -0.05) is 0 Å². The Kier molecular flexibility index (Phi) is 4.95. The fourth-order valence-corrected chi connectivity index (χ4v) is 3.09. The molecule has 1 aliphatic carbocycles. The molecule has 1 saturated heterocycles. The lowest BCUT2D eigenvalue weighted by Gasteiger charge is -2.35. The fourth-order valence-electron chi connectivity index (χ4n) is 3.09. The summed E-state index contributed by atoms with van der Waals surface area (Å²) in [5.74, 6) is 2.27. The first-order chi connectivity index (χ1) is 11.1. The molecule has 2 aliphatic rings. The summed E-state index contributed by atoms with van der Waals surface area (Å²) in [6, 6.07) is 2.36. The van der Waals surface area contributed by atoms with Gasteiger partial charge in [-0.05, 0) is 38.9 Å². The van der Waals surface area contributed by atoms with Gasteiger partial charge < -0.3 is 20.4 Å². The number of nitrogens with two attached hydrogens (primary N) is 1. The quantitative estimate of drug-likeness (QED) is 0.620. The molecule has 3 rings (SSSR count).